The summed E-state index contributed by atoms with van der Waals surface area (Å²) in [5.74, 6) is 5.57. The van der Waals surface area contributed by atoms with E-state index < -0.39 is 0 Å². The second-order valence-corrected chi connectivity index (χ2v) is 37.5. The number of morpholine rings is 1. The summed E-state index contributed by atoms with van der Waals surface area (Å²) in [6, 6.07) is 38.6. The van der Waals surface area contributed by atoms with Crippen LogP contribution in [-0.2, 0) is 43.3 Å². The number of nitrogens with one attached hydrogen (secondary N) is 8. The molecule has 0 spiro atoms. The van der Waals surface area contributed by atoms with Crippen LogP contribution in [0.1, 0.15) is 125 Å². The summed E-state index contributed by atoms with van der Waals surface area (Å²) in [4.78, 5) is 68.8. The van der Waals surface area contributed by atoms with Gasteiger partial charge in [0.25, 0.3) is 0 Å². The summed E-state index contributed by atoms with van der Waals surface area (Å²) in [5.41, 5.74) is 27.1. The van der Waals surface area contributed by atoms with Crippen LogP contribution < -0.4 is 52.3 Å². The van der Waals surface area contributed by atoms with Crippen molar-refractivity contribution < 1.29 is 4.74 Å². The summed E-state index contributed by atoms with van der Waals surface area (Å²) >= 11 is 41.1. The zero-order valence-electron chi connectivity index (χ0n) is 73.5. The zero-order chi connectivity index (χ0) is 89.5. The Balaban J connectivity index is 0.000000122. The van der Waals surface area contributed by atoms with Crippen molar-refractivity contribution in [3.05, 3.63) is 223 Å². The average molecular weight is 1860 g/mol. The van der Waals surface area contributed by atoms with Gasteiger partial charge in [-0.05, 0) is 266 Å². The van der Waals surface area contributed by atoms with Gasteiger partial charge in [-0.3, -0.25) is 9.97 Å². The molecule has 4 aromatic carbocycles. The normalized spacial score (nSPS) is 15.6. The minimum atomic E-state index is 0.519. The maximum Gasteiger partial charge on any atom is 0.227 e. The molecule has 8 aromatic heterocycles. The third-order valence-corrected chi connectivity index (χ3v) is 25.9. The number of pyridine rings is 4. The van der Waals surface area contributed by atoms with E-state index in [0.29, 0.717) is 65.4 Å². The molecule has 4 fully saturated rings. The molecule has 32 heteroatoms. The van der Waals surface area contributed by atoms with E-state index in [1.165, 1.54) is 69.3 Å². The van der Waals surface area contributed by atoms with Crippen LogP contribution in [0, 0.1) is 40.5 Å². The predicted octanol–water partition coefficient (Wildman–Crippen LogP) is 20.9. The molecule has 20 rings (SSSR count). The highest BCUT2D eigenvalue weighted by Crippen LogP contribution is 2.45. The number of benzene rings is 4. The van der Waals surface area contributed by atoms with Crippen LogP contribution >= 0.6 is 83.7 Å². The first-order valence-electron chi connectivity index (χ1n) is 44.0. The molecule has 8 N–H and O–H groups in total. The van der Waals surface area contributed by atoms with Gasteiger partial charge in [0, 0.05) is 170 Å². The molecule has 12 aromatic rings. The van der Waals surface area contributed by atoms with Crippen molar-refractivity contribution in [1.82, 2.24) is 69.6 Å². The van der Waals surface area contributed by atoms with Crippen molar-refractivity contribution in [2.45, 2.75) is 130 Å². The van der Waals surface area contributed by atoms with Crippen molar-refractivity contribution in [3.63, 3.8) is 0 Å². The standard InChI is InChI=1S/C28H32N6S.C27H32ClN7OS.C23H23ClN6S.C19H16ClN5S/c1-17-24(8-6-22(30-17)13-18-9-11-34(2)12-10-18)32-28-29-16-21-15-26(35)31-25-14-20(19-3-4-19)5-7-23(25)27(21)33-28;1-17-22(6-7-24(30-17)35-9-11-36-12-10-35)32-27-29-16-19-14-25(37)31-23-15-21(28)18(5-4-8-34(2)3)13-20(23)26(19)33-27;1-14-18(7-8-20(26-14)30-9-3-2-4-10-30)28-23-25-13-15-11-21(31)27-19-12-16(24)5-6-17(19)22(15)29-23;1-10-3-6-15(11(2)22-10)24-19-21-9-12-7-17(26)23-16-8-13(20)4-5-14(16)18(12)25-19/h5-8,14,16,18-19H,3-4,9-13,15H2,1-2H3,(H,31,35)(H,29,32,33);6-7,13,15-16H,4-5,8-12,14H2,1-3H3,(H,31,37)(H,29,32,33);5-8,12-13H,2-4,9-11H2,1H3,(H,27,31)(H,25,28,29);3-6,8-9H,7H2,1-2H3,(H,23,26)(H,21,24,25). The van der Waals surface area contributed by atoms with Gasteiger partial charge < -0.3 is 66.9 Å². The number of piperidine rings is 2. The van der Waals surface area contributed by atoms with Crippen molar-refractivity contribution >= 4 is 185 Å². The van der Waals surface area contributed by atoms with Gasteiger partial charge in [-0.2, -0.15) is 0 Å². The van der Waals surface area contributed by atoms with E-state index in [0.717, 1.165) is 255 Å². The molecule has 3 saturated heterocycles. The number of thiocarbonyl (C=S) groups is 4. The number of aromatic nitrogens is 12. The molecule has 662 valence electrons. The van der Waals surface area contributed by atoms with Crippen molar-refractivity contribution in [2.24, 2.45) is 5.92 Å². The predicted molar refractivity (Wildman–Crippen MR) is 540 cm³/mol. The first-order valence-corrected chi connectivity index (χ1v) is 46.8. The van der Waals surface area contributed by atoms with Crippen LogP contribution in [0.25, 0.3) is 45.0 Å². The van der Waals surface area contributed by atoms with Gasteiger partial charge in [0.15, 0.2) is 0 Å². The summed E-state index contributed by atoms with van der Waals surface area (Å²) in [6.45, 7) is 18.7. The summed E-state index contributed by atoms with van der Waals surface area (Å²) in [5, 5.41) is 28.7. The van der Waals surface area contributed by atoms with Gasteiger partial charge in [0.1, 0.15) is 11.6 Å². The lowest BCUT2D eigenvalue weighted by Gasteiger charge is -2.28. The SMILES string of the molecule is Cc1ccc(Nc2ncc3c(n2)-c2ccc(Cl)cc2NC(=S)C3)c(C)n1.Cc1nc(CC2CCN(C)CC2)ccc1Nc1ncc2c(n1)-c1ccc(C3CC3)cc1NC(=S)C2.Cc1nc(N2CCCCC2)ccc1Nc1ncc2c(n1)-c1ccc(Cl)cc1NC(=S)C2.Cc1nc(N2CCOCC2)ccc1Nc1ncc2c(n1)-c1cc(CCCN(C)C)c(Cl)cc1NC(=S)C2. The fourth-order valence-corrected chi connectivity index (χ4v) is 18.7. The van der Waals surface area contributed by atoms with E-state index in [2.05, 4.69) is 164 Å². The number of rotatable bonds is 17. The zero-order valence-corrected chi connectivity index (χ0v) is 79.1. The van der Waals surface area contributed by atoms with Crippen LogP contribution in [-0.4, -0.2) is 170 Å². The van der Waals surface area contributed by atoms with Gasteiger partial charge in [0.05, 0.1) is 101 Å². The van der Waals surface area contributed by atoms with Crippen LogP contribution in [0.3, 0.4) is 0 Å². The highest BCUT2D eigenvalue weighted by atomic mass is 35.5. The summed E-state index contributed by atoms with van der Waals surface area (Å²) in [7, 11) is 6.37. The Bertz CT molecular complexity index is 6280. The Kier molecular flexibility index (Phi) is 28.2. The fraction of sp³-hybridized carbons (Fsp3) is 0.340. The minimum absolute atomic E-state index is 0.519. The number of hydrogen-bond donors (Lipinski definition) is 8. The summed E-state index contributed by atoms with van der Waals surface area (Å²) in [6.07, 6.45) is 21.6. The first kappa shape index (κ1) is 89.9. The molecule has 1 aliphatic carbocycles. The molecular weight excluding hydrogens is 1750 g/mol. The number of ether oxygens (including phenoxy) is 1. The number of nitrogens with zero attached hydrogens (tertiary/aromatic N) is 16. The van der Waals surface area contributed by atoms with E-state index in [-0.39, 0.29) is 0 Å². The van der Waals surface area contributed by atoms with E-state index in [9.17, 15) is 0 Å². The summed E-state index contributed by atoms with van der Waals surface area (Å²) < 4.78 is 5.46. The molecule has 0 atom stereocenters. The van der Waals surface area contributed by atoms with Gasteiger partial charge in [-0.1, -0.05) is 95.8 Å². The second kappa shape index (κ2) is 40.5. The minimum Gasteiger partial charge on any atom is -0.378 e. The Morgan fingerprint density at radius 1 is 0.434 bits per heavy atom. The molecule has 0 amide bonds. The highest BCUT2D eigenvalue weighted by molar-refractivity contribution is 7.81. The van der Waals surface area contributed by atoms with Gasteiger partial charge in [-0.25, -0.2) is 49.8 Å². The largest absolute Gasteiger partial charge is 0.378 e. The maximum absolute atomic E-state index is 6.67. The van der Waals surface area contributed by atoms with E-state index in [1.54, 1.807) is 0 Å². The van der Waals surface area contributed by atoms with Crippen LogP contribution in [0.5, 0.6) is 0 Å². The third kappa shape index (κ3) is 22.3. The lowest BCUT2D eigenvalue weighted by Crippen LogP contribution is -2.36. The molecule has 0 unspecified atom stereocenters. The van der Waals surface area contributed by atoms with E-state index >= 15 is 0 Å². The number of likely N-dealkylation sites (tertiary alicyclic amines) is 1. The van der Waals surface area contributed by atoms with Crippen molar-refractivity contribution in [3.8, 4) is 45.0 Å². The van der Waals surface area contributed by atoms with E-state index in [1.807, 2.05) is 119 Å². The number of fused-ring (bicyclic) bond motifs is 12. The van der Waals surface area contributed by atoms with Crippen molar-refractivity contribution in [2.75, 3.05) is 133 Å². The number of anilines is 14. The monoisotopic (exact) mass is 1850 g/mol. The Morgan fingerprint density at radius 3 is 1.30 bits per heavy atom. The third-order valence-electron chi connectivity index (χ3n) is 24.1. The molecule has 7 aliphatic heterocycles. The van der Waals surface area contributed by atoms with Gasteiger partial charge in [0.2, 0.25) is 23.8 Å². The highest BCUT2D eigenvalue weighted by Gasteiger charge is 2.30. The lowest BCUT2D eigenvalue weighted by molar-refractivity contribution is 0.122. The Morgan fingerprint density at radius 2 is 0.853 bits per heavy atom. The molecule has 0 bridgehead atoms. The van der Waals surface area contributed by atoms with Crippen LogP contribution in [0.2, 0.25) is 15.1 Å². The average Bonchev–Trinajstić information content (AvgIpc) is 1.66. The van der Waals surface area contributed by atoms with E-state index in [4.69, 9.17) is 123 Å². The number of aryl methyl sites for hydroxylation is 6. The fourth-order valence-electron chi connectivity index (χ4n) is 17.0. The van der Waals surface area contributed by atoms with Crippen LogP contribution in [0.15, 0.2) is 140 Å². The van der Waals surface area contributed by atoms with Gasteiger partial charge in [-0.15, -0.1) is 0 Å². The Labute approximate surface area is 789 Å². The van der Waals surface area contributed by atoms with Gasteiger partial charge >= 0.3 is 0 Å². The number of halogens is 3. The lowest BCUT2D eigenvalue weighted by atomic mass is 9.92. The molecule has 129 heavy (non-hydrogen) atoms. The molecule has 8 aliphatic rings. The van der Waals surface area contributed by atoms with Crippen LogP contribution in [0.4, 0.5) is 80.9 Å². The number of hydrogen-bond acceptors (Lipinski definition) is 25. The quantitative estimate of drug-likeness (QED) is 0.0394. The molecule has 0 radical (unpaired) electrons. The topological polar surface area (TPSA) is 273 Å². The molecular formula is C97H103Cl3N24OS4. The molecule has 15 heterocycles. The smallest absolute Gasteiger partial charge is 0.227 e. The molecule has 1 saturated carbocycles. The molecule has 25 nitrogen and oxygen atoms in total. The second-order valence-electron chi connectivity index (χ2n) is 34.2. The first-order chi connectivity index (χ1) is 62.4. The Hall–Kier alpha value is -11.1. The van der Waals surface area contributed by atoms with Crippen molar-refractivity contribution in [1.29, 1.82) is 0 Å². The maximum atomic E-state index is 6.67.